The van der Waals surface area contributed by atoms with Crippen LogP contribution < -0.4 is 10.4 Å². The molecule has 0 amide bonds. The van der Waals surface area contributed by atoms with E-state index in [1.165, 1.54) is 136 Å². The summed E-state index contributed by atoms with van der Waals surface area (Å²) in [6.45, 7) is 46.8. The SMILES string of the molecule is CCC(CC)C(=O)C=C(O)C(CC)CC.CCC(CC)C(=O)C=C(O)C(CC)CC.Cc1[c-]c(-c2nccc3cc(C4CCCCC4)ccc23)cc(C)c1.Cc1[c-]c(-c2nccc3cc([Si](C)(C)C)ccc23)cc(C)c1.[2H]c1nc(-c2[c-]c(C)cc(C)c2)c2ccc(C3CCCCC3)cc2c1[2H].[2H]c1nc(-c2[c-]c(C)cc(C)c2)c2ccc([Si](C)(C)C)cc2c1[2H].[Ir].[Ir]. The summed E-state index contributed by atoms with van der Waals surface area (Å²) in [6, 6.07) is 61.9. The smallest absolute Gasteiger partial charge is 0.162 e. The summed E-state index contributed by atoms with van der Waals surface area (Å²) in [6.07, 6.45) is 27.0. The minimum Gasteiger partial charge on any atom is -0.512 e. The van der Waals surface area contributed by atoms with Crippen molar-refractivity contribution in [2.24, 2.45) is 23.7 Å². The quantitative estimate of drug-likeness (QED) is 0.0297. The topological polar surface area (TPSA) is 126 Å². The zero-order valence-electron chi connectivity index (χ0n) is 82.4. The summed E-state index contributed by atoms with van der Waals surface area (Å²) in [5.74, 6) is 2.43. The molecule has 12 aromatic rings. The molecule has 0 saturated heterocycles. The minimum absolute atomic E-state index is 0. The first-order chi connectivity index (χ1) is 59.9. The fourth-order valence-corrected chi connectivity index (χ4v) is 19.6. The van der Waals surface area contributed by atoms with E-state index in [0.29, 0.717) is 5.92 Å². The third kappa shape index (κ3) is 28.8. The zero-order chi connectivity index (χ0) is 92.0. The molecule has 2 saturated carbocycles. The summed E-state index contributed by atoms with van der Waals surface area (Å²) in [5, 5.41) is 30.9. The van der Waals surface area contributed by atoms with Crippen molar-refractivity contribution < 1.29 is 65.5 Å². The van der Waals surface area contributed by atoms with Crippen molar-refractivity contribution in [3.05, 3.63) is 274 Å². The summed E-state index contributed by atoms with van der Waals surface area (Å²) in [7, 11) is -2.77. The Balaban J connectivity index is 0.000000212. The predicted octanol–water partition coefficient (Wildman–Crippen LogP) is 30.2. The number of fused-ring (bicyclic) bond motifs is 4. The first-order valence-electron chi connectivity index (χ1n) is 47.5. The van der Waals surface area contributed by atoms with Crippen LogP contribution in [-0.2, 0) is 49.8 Å². The maximum absolute atomic E-state index is 11.7. The number of nitrogens with zero attached hydrogens (tertiary/aromatic N) is 4. The number of benzene rings is 8. The predicted molar refractivity (Wildman–Crippen MR) is 527 cm³/mol. The number of carbonyl (C=O) groups excluding carboxylic acids is 2. The van der Waals surface area contributed by atoms with Crippen LogP contribution in [0.4, 0.5) is 0 Å². The van der Waals surface area contributed by atoms with E-state index < -0.39 is 16.1 Å². The van der Waals surface area contributed by atoms with E-state index in [4.69, 9.17) is 5.48 Å². The van der Waals surface area contributed by atoms with E-state index in [1.54, 1.807) is 0 Å². The van der Waals surface area contributed by atoms with Gasteiger partial charge in [0.15, 0.2) is 11.6 Å². The maximum Gasteiger partial charge on any atom is 0.162 e. The molecule has 4 aromatic heterocycles. The van der Waals surface area contributed by atoms with Crippen molar-refractivity contribution in [3.63, 3.8) is 0 Å². The van der Waals surface area contributed by atoms with E-state index in [2.05, 4.69) is 252 Å². The summed E-state index contributed by atoms with van der Waals surface area (Å²) in [5.41, 5.74) is 19.7. The Morgan fingerprint density at radius 1 is 0.371 bits per heavy atom. The Bertz CT molecular complexity index is 5680. The van der Waals surface area contributed by atoms with E-state index in [0.717, 1.165) is 152 Å². The van der Waals surface area contributed by atoms with Crippen LogP contribution in [0.25, 0.3) is 88.1 Å². The molecule has 0 spiro atoms. The number of aliphatic hydroxyl groups is 2. The van der Waals surface area contributed by atoms with Gasteiger partial charge in [-0.15, -0.1) is 140 Å². The fourth-order valence-electron chi connectivity index (χ4n) is 17.3. The van der Waals surface area contributed by atoms with Gasteiger partial charge in [-0.2, -0.15) is 0 Å². The summed E-state index contributed by atoms with van der Waals surface area (Å²) in [4.78, 5) is 41.6. The number of carbonyl (C=O) groups is 2. The van der Waals surface area contributed by atoms with Gasteiger partial charge in [-0.3, -0.25) is 9.59 Å². The van der Waals surface area contributed by atoms with Crippen molar-refractivity contribution in [3.8, 4) is 45.0 Å². The summed E-state index contributed by atoms with van der Waals surface area (Å²) >= 11 is 0. The molecule has 0 unspecified atom stereocenters. The van der Waals surface area contributed by atoms with Crippen molar-refractivity contribution in [1.82, 2.24) is 19.9 Å². The van der Waals surface area contributed by atoms with Gasteiger partial charge in [0.1, 0.15) is 0 Å². The monoisotopic (exact) mass is 2050 g/mol. The molecule has 2 radical (unpaired) electrons. The largest absolute Gasteiger partial charge is 0.512 e. The summed E-state index contributed by atoms with van der Waals surface area (Å²) < 4.78 is 33.0. The van der Waals surface area contributed by atoms with Gasteiger partial charge in [0.05, 0.1) is 33.1 Å². The van der Waals surface area contributed by atoms with Crippen LogP contribution in [0.3, 0.4) is 0 Å². The van der Waals surface area contributed by atoms with E-state index in [9.17, 15) is 19.8 Å². The number of aliphatic hydroxyl groups excluding tert-OH is 2. The molecule has 2 aliphatic rings. The van der Waals surface area contributed by atoms with Gasteiger partial charge in [0, 0.05) is 101 Å². The number of allylic oxidation sites excluding steroid dienone is 4. The Morgan fingerprint density at radius 2 is 0.645 bits per heavy atom. The van der Waals surface area contributed by atoms with Crippen LogP contribution in [0.15, 0.2) is 194 Å². The molecule has 12 heteroatoms. The molecule has 124 heavy (non-hydrogen) atoms. The van der Waals surface area contributed by atoms with Gasteiger partial charge in [-0.1, -0.05) is 272 Å². The number of hydrogen-bond acceptors (Lipinski definition) is 8. The van der Waals surface area contributed by atoms with Gasteiger partial charge < -0.3 is 30.1 Å². The second-order valence-corrected chi connectivity index (χ2v) is 46.5. The fraction of sp³-hybridized carbons (Fsp3) is 0.411. The van der Waals surface area contributed by atoms with Gasteiger partial charge >= 0.3 is 0 Å². The van der Waals surface area contributed by atoms with Crippen LogP contribution in [0.1, 0.15) is 244 Å². The third-order valence-electron chi connectivity index (χ3n) is 24.5. The molecular weight excluding hydrogens is 1910 g/mol. The van der Waals surface area contributed by atoms with Gasteiger partial charge in [-0.05, 0) is 190 Å². The zero-order valence-corrected chi connectivity index (χ0v) is 85.2. The molecule has 2 fully saturated rings. The van der Waals surface area contributed by atoms with Crippen LogP contribution >= 0.6 is 0 Å². The first-order valence-corrected chi connectivity index (χ1v) is 52.5. The third-order valence-corrected chi connectivity index (χ3v) is 28.6. The molecule has 2 aliphatic carbocycles. The van der Waals surface area contributed by atoms with Crippen molar-refractivity contribution in [2.75, 3.05) is 0 Å². The molecule has 0 bridgehead atoms. The number of aromatic nitrogens is 4. The Hall–Kier alpha value is -8.45. The van der Waals surface area contributed by atoms with E-state index in [-0.39, 0.29) is 111 Å². The molecule has 14 rings (SSSR count). The second kappa shape index (κ2) is 49.0. The second-order valence-electron chi connectivity index (χ2n) is 36.4. The molecular formula is C112H140Ir2N4O4Si2-4. The van der Waals surface area contributed by atoms with Crippen molar-refractivity contribution >= 4 is 81.2 Å². The number of ketones is 2. The molecule has 662 valence electrons. The number of aryl methyl sites for hydroxylation is 8. The Kier molecular flexibility index (Phi) is 38.0. The van der Waals surface area contributed by atoms with Gasteiger partial charge in [-0.25, -0.2) is 0 Å². The number of hydrogen-bond donors (Lipinski definition) is 2. The number of pyridine rings is 4. The molecule has 8 nitrogen and oxygen atoms in total. The van der Waals surface area contributed by atoms with Gasteiger partial charge in [0.25, 0.3) is 0 Å². The average molecular weight is 2050 g/mol. The minimum atomic E-state index is -1.48. The molecule has 4 heterocycles. The van der Waals surface area contributed by atoms with Crippen LogP contribution in [0.5, 0.6) is 0 Å². The van der Waals surface area contributed by atoms with Crippen LogP contribution in [-0.4, -0.2) is 57.9 Å². The molecule has 2 N–H and O–H groups in total. The van der Waals surface area contributed by atoms with Gasteiger partial charge in [0.2, 0.25) is 0 Å². The molecule has 0 atom stereocenters. The molecule has 0 aliphatic heterocycles. The molecule has 8 aromatic carbocycles. The Labute approximate surface area is 780 Å². The Morgan fingerprint density at radius 3 is 0.952 bits per heavy atom. The van der Waals surface area contributed by atoms with Crippen molar-refractivity contribution in [2.45, 2.75) is 277 Å². The standard InChI is InChI=1S/2C23H24N.2C20H22NSi.2C13H24O2.2Ir/c2*1-16-12-17(2)14-21(13-16)23-22-9-8-19(15-20(22)10-11-24-23)18-6-4-3-5-7-18;2*1-14-10-15(2)12-17(11-14)20-19-7-6-18(22(3,4)5)13-16(19)8-9-21-20;2*1-5-10(6-2)12(14)9-13(15)11(7-3)8-4;;/h2*8-13,15,18H,3-7H2,1-2H3;2*6-11,13H,1-5H3;2*9-11,14H,5-8H2,1-4H3;;/q4*-1;;;;/i10D,11D;;8D,9D;;;;;. The average Bonchev–Trinajstić information content (AvgIpc) is 0.771. The maximum atomic E-state index is 11.7. The normalized spacial score (nSPS) is 13.8. The first kappa shape index (κ1) is 96.2. The van der Waals surface area contributed by atoms with Crippen molar-refractivity contribution in [1.29, 1.82) is 0 Å². The van der Waals surface area contributed by atoms with Crippen LogP contribution in [0.2, 0.25) is 39.3 Å². The van der Waals surface area contributed by atoms with Crippen LogP contribution in [0, 0.1) is 103 Å². The van der Waals surface area contributed by atoms with E-state index in [1.807, 2.05) is 87.7 Å². The van der Waals surface area contributed by atoms with E-state index >= 15 is 0 Å². The number of rotatable bonds is 22.